The van der Waals surface area contributed by atoms with Crippen molar-refractivity contribution < 1.29 is 14.3 Å². The Kier molecular flexibility index (Phi) is 6.37. The normalized spacial score (nSPS) is 20.0. The molecule has 0 N–H and O–H groups in total. The van der Waals surface area contributed by atoms with Crippen molar-refractivity contribution in [3.63, 3.8) is 0 Å². The van der Waals surface area contributed by atoms with Crippen LogP contribution >= 0.6 is 0 Å². The molecule has 1 aromatic rings. The van der Waals surface area contributed by atoms with Gasteiger partial charge in [0.15, 0.2) is 0 Å². The number of hydrogen-bond donors (Lipinski definition) is 0. The van der Waals surface area contributed by atoms with E-state index in [1.807, 2.05) is 24.9 Å². The molecule has 2 saturated heterocycles. The molecule has 1 amide bonds. The zero-order valence-corrected chi connectivity index (χ0v) is 15.4. The van der Waals surface area contributed by atoms with E-state index < -0.39 is 0 Å². The predicted octanol–water partition coefficient (Wildman–Crippen LogP) is 2.45. The van der Waals surface area contributed by atoms with Gasteiger partial charge in [-0.3, -0.25) is 4.79 Å². The lowest BCUT2D eigenvalue weighted by Gasteiger charge is -2.35. The maximum Gasteiger partial charge on any atom is 0.225 e. The standard InChI is InChI=1S/C19H29N3O3/c1-3-24-13-17-12-20-14(2)21-18(17)15-4-8-22(9-5-15)19(23)16-6-10-25-11-7-16/h12,15-16H,3-11,13H2,1-2H3. The minimum Gasteiger partial charge on any atom is -0.381 e. The molecular formula is C19H29N3O3. The van der Waals surface area contributed by atoms with Gasteiger partial charge in [0.25, 0.3) is 0 Å². The molecule has 0 spiro atoms. The Labute approximate surface area is 149 Å². The molecule has 2 aliphatic heterocycles. The molecule has 1 aromatic heterocycles. The van der Waals surface area contributed by atoms with Crippen LogP contribution in [0.2, 0.25) is 0 Å². The van der Waals surface area contributed by atoms with Crippen LogP contribution in [0.3, 0.4) is 0 Å². The first-order valence-electron chi connectivity index (χ1n) is 9.45. The molecule has 0 saturated carbocycles. The van der Waals surface area contributed by atoms with Crippen LogP contribution in [0.4, 0.5) is 0 Å². The topological polar surface area (TPSA) is 64.6 Å². The SMILES string of the molecule is CCOCc1cnc(C)nc1C1CCN(C(=O)C2CCOCC2)CC1. The van der Waals surface area contributed by atoms with Crippen LogP contribution in [0.1, 0.15) is 55.6 Å². The molecule has 3 rings (SSSR count). The van der Waals surface area contributed by atoms with Crippen molar-refractivity contribution in [2.75, 3.05) is 32.9 Å². The van der Waals surface area contributed by atoms with Gasteiger partial charge in [-0.2, -0.15) is 0 Å². The second-order valence-corrected chi connectivity index (χ2v) is 6.95. The third kappa shape index (κ3) is 4.55. The molecule has 138 valence electrons. The summed E-state index contributed by atoms with van der Waals surface area (Å²) in [6.45, 7) is 8.24. The first-order chi connectivity index (χ1) is 12.2. The van der Waals surface area contributed by atoms with Gasteiger partial charge in [0.05, 0.1) is 12.3 Å². The Morgan fingerprint density at radius 3 is 2.68 bits per heavy atom. The van der Waals surface area contributed by atoms with E-state index in [1.54, 1.807) is 0 Å². The summed E-state index contributed by atoms with van der Waals surface area (Å²) >= 11 is 0. The monoisotopic (exact) mass is 347 g/mol. The number of ether oxygens (including phenoxy) is 2. The number of hydrogen-bond acceptors (Lipinski definition) is 5. The van der Waals surface area contributed by atoms with Crippen molar-refractivity contribution in [3.05, 3.63) is 23.3 Å². The number of nitrogens with zero attached hydrogens (tertiary/aromatic N) is 3. The largest absolute Gasteiger partial charge is 0.381 e. The van der Waals surface area contributed by atoms with Crippen molar-refractivity contribution in [1.29, 1.82) is 0 Å². The summed E-state index contributed by atoms with van der Waals surface area (Å²) < 4.78 is 10.9. The van der Waals surface area contributed by atoms with Crippen molar-refractivity contribution in [2.24, 2.45) is 5.92 Å². The van der Waals surface area contributed by atoms with Gasteiger partial charge in [-0.15, -0.1) is 0 Å². The average molecular weight is 347 g/mol. The van der Waals surface area contributed by atoms with Crippen molar-refractivity contribution in [3.8, 4) is 0 Å². The number of aromatic nitrogens is 2. The van der Waals surface area contributed by atoms with Crippen LogP contribution in [0.25, 0.3) is 0 Å². The fourth-order valence-electron chi connectivity index (χ4n) is 3.77. The molecule has 0 bridgehead atoms. The number of rotatable bonds is 5. The summed E-state index contributed by atoms with van der Waals surface area (Å²) in [4.78, 5) is 23.8. The molecule has 0 aliphatic carbocycles. The first kappa shape index (κ1) is 18.3. The van der Waals surface area contributed by atoms with E-state index >= 15 is 0 Å². The van der Waals surface area contributed by atoms with Crippen molar-refractivity contribution in [1.82, 2.24) is 14.9 Å². The van der Waals surface area contributed by atoms with E-state index in [2.05, 4.69) is 4.98 Å². The number of likely N-dealkylation sites (tertiary alicyclic amines) is 1. The quantitative estimate of drug-likeness (QED) is 0.819. The summed E-state index contributed by atoms with van der Waals surface area (Å²) in [5.74, 6) is 1.65. The van der Waals surface area contributed by atoms with Crippen LogP contribution in [-0.2, 0) is 20.9 Å². The number of amides is 1. The summed E-state index contributed by atoms with van der Waals surface area (Å²) in [7, 11) is 0. The molecule has 3 heterocycles. The number of piperidine rings is 1. The van der Waals surface area contributed by atoms with Gasteiger partial charge < -0.3 is 14.4 Å². The number of aryl methyl sites for hydroxylation is 1. The van der Waals surface area contributed by atoms with Crippen LogP contribution in [0, 0.1) is 12.8 Å². The fraction of sp³-hybridized carbons (Fsp3) is 0.737. The zero-order chi connectivity index (χ0) is 17.6. The van der Waals surface area contributed by atoms with Crippen LogP contribution in [0.5, 0.6) is 0 Å². The first-order valence-corrected chi connectivity index (χ1v) is 9.45. The molecule has 0 unspecified atom stereocenters. The lowest BCUT2D eigenvalue weighted by Crippen LogP contribution is -2.43. The van der Waals surface area contributed by atoms with E-state index in [0.717, 1.165) is 55.9 Å². The Balaban J connectivity index is 1.62. The highest BCUT2D eigenvalue weighted by Crippen LogP contribution is 2.30. The Hall–Kier alpha value is -1.53. The molecule has 6 nitrogen and oxygen atoms in total. The second kappa shape index (κ2) is 8.72. The zero-order valence-electron chi connectivity index (χ0n) is 15.4. The fourth-order valence-corrected chi connectivity index (χ4v) is 3.77. The Bertz CT molecular complexity index is 579. The van der Waals surface area contributed by atoms with E-state index in [9.17, 15) is 4.79 Å². The summed E-state index contributed by atoms with van der Waals surface area (Å²) in [6, 6.07) is 0. The van der Waals surface area contributed by atoms with E-state index in [1.165, 1.54) is 0 Å². The third-order valence-electron chi connectivity index (χ3n) is 5.24. The molecule has 0 radical (unpaired) electrons. The molecule has 2 fully saturated rings. The highest BCUT2D eigenvalue weighted by molar-refractivity contribution is 5.79. The predicted molar refractivity (Wildman–Crippen MR) is 94.2 cm³/mol. The van der Waals surface area contributed by atoms with Crippen molar-refractivity contribution in [2.45, 2.75) is 52.1 Å². The van der Waals surface area contributed by atoms with E-state index in [0.29, 0.717) is 38.3 Å². The maximum absolute atomic E-state index is 12.7. The average Bonchev–Trinajstić information content (AvgIpc) is 2.67. The van der Waals surface area contributed by atoms with Gasteiger partial charge >= 0.3 is 0 Å². The molecule has 0 aromatic carbocycles. The van der Waals surface area contributed by atoms with Gasteiger partial charge in [0.1, 0.15) is 5.82 Å². The lowest BCUT2D eigenvalue weighted by atomic mass is 9.89. The summed E-state index contributed by atoms with van der Waals surface area (Å²) in [5, 5.41) is 0. The molecule has 0 atom stereocenters. The van der Waals surface area contributed by atoms with Gasteiger partial charge in [-0.1, -0.05) is 0 Å². The van der Waals surface area contributed by atoms with E-state index in [4.69, 9.17) is 14.5 Å². The number of carbonyl (C=O) groups excluding carboxylic acids is 1. The molecule has 25 heavy (non-hydrogen) atoms. The smallest absolute Gasteiger partial charge is 0.225 e. The van der Waals surface area contributed by atoms with Crippen LogP contribution < -0.4 is 0 Å². The number of carbonyl (C=O) groups is 1. The molecule has 2 aliphatic rings. The lowest BCUT2D eigenvalue weighted by molar-refractivity contribution is -0.139. The third-order valence-corrected chi connectivity index (χ3v) is 5.24. The Morgan fingerprint density at radius 1 is 1.28 bits per heavy atom. The van der Waals surface area contributed by atoms with Gasteiger partial charge in [0.2, 0.25) is 5.91 Å². The maximum atomic E-state index is 12.7. The summed E-state index contributed by atoms with van der Waals surface area (Å²) in [5.41, 5.74) is 2.20. The highest BCUT2D eigenvalue weighted by Gasteiger charge is 2.31. The van der Waals surface area contributed by atoms with Gasteiger partial charge in [-0.25, -0.2) is 9.97 Å². The van der Waals surface area contributed by atoms with Gasteiger partial charge in [0, 0.05) is 56.5 Å². The van der Waals surface area contributed by atoms with Crippen LogP contribution in [-0.4, -0.2) is 53.7 Å². The minimum atomic E-state index is 0.153. The minimum absolute atomic E-state index is 0.153. The summed E-state index contributed by atoms with van der Waals surface area (Å²) in [6.07, 6.45) is 5.55. The molecular weight excluding hydrogens is 318 g/mol. The van der Waals surface area contributed by atoms with Gasteiger partial charge in [-0.05, 0) is 39.5 Å². The van der Waals surface area contributed by atoms with E-state index in [-0.39, 0.29) is 5.92 Å². The van der Waals surface area contributed by atoms with Crippen molar-refractivity contribution >= 4 is 5.91 Å². The van der Waals surface area contributed by atoms with Crippen LogP contribution in [0.15, 0.2) is 6.20 Å². The highest BCUT2D eigenvalue weighted by atomic mass is 16.5. The molecule has 6 heteroatoms. The second-order valence-electron chi connectivity index (χ2n) is 6.95. The Morgan fingerprint density at radius 2 is 2.00 bits per heavy atom.